The van der Waals surface area contributed by atoms with E-state index in [-0.39, 0.29) is 45.9 Å². The van der Waals surface area contributed by atoms with Crippen LogP contribution < -0.4 is 4.74 Å². The van der Waals surface area contributed by atoms with Crippen LogP contribution in [0.1, 0.15) is 74.2 Å². The van der Waals surface area contributed by atoms with Crippen molar-refractivity contribution in [3.63, 3.8) is 0 Å². The first-order valence-corrected chi connectivity index (χ1v) is 11.3. The number of fused-ring (bicyclic) bond motifs is 1. The topological polar surface area (TPSA) is 82.8 Å². The van der Waals surface area contributed by atoms with Crippen LogP contribution in [0.5, 0.6) is 11.5 Å². The summed E-state index contributed by atoms with van der Waals surface area (Å²) < 4.78 is 10.7. The Morgan fingerprint density at radius 2 is 1.62 bits per heavy atom. The predicted octanol–water partition coefficient (Wildman–Crippen LogP) is 5.61. The molecule has 3 rings (SSSR count). The largest absolute Gasteiger partial charge is 0.507 e. The summed E-state index contributed by atoms with van der Waals surface area (Å²) in [7, 11) is 1.63. The lowest BCUT2D eigenvalue weighted by Crippen LogP contribution is -2.30. The molecule has 0 saturated carbocycles. The van der Waals surface area contributed by atoms with Gasteiger partial charge in [0.05, 0.1) is 13.2 Å². The van der Waals surface area contributed by atoms with E-state index in [0.717, 1.165) is 28.0 Å². The standard InChI is InChI=1S/C27H36N2O4.BrH/c1-26(2,3)21-13-17(14-22(24(21)31)27(4,5)6)23(30)16-29-15-18-12-19(33-11-10-32-7)8-9-20(18)25(29)28;/h8-9,12-14,28,31H,10-11,15-16H2,1-7H3;1H. The Morgan fingerprint density at radius 1 is 1.03 bits per heavy atom. The summed E-state index contributed by atoms with van der Waals surface area (Å²) >= 11 is 0. The fraction of sp³-hybridized carbons (Fsp3) is 0.481. The van der Waals surface area contributed by atoms with Gasteiger partial charge in [-0.3, -0.25) is 10.2 Å². The molecule has 0 bridgehead atoms. The Kier molecular flexibility index (Phi) is 8.59. The Hall–Kier alpha value is -2.38. The highest BCUT2D eigenvalue weighted by atomic mass is 79.9. The minimum absolute atomic E-state index is 0. The second-order valence-electron chi connectivity index (χ2n) is 10.7. The van der Waals surface area contributed by atoms with Crippen LogP contribution in [0, 0.1) is 5.41 Å². The molecule has 0 amide bonds. The molecule has 0 unspecified atom stereocenters. The number of hydrogen-bond acceptors (Lipinski definition) is 5. The number of rotatable bonds is 7. The first kappa shape index (κ1) is 27.9. The predicted molar refractivity (Wildman–Crippen MR) is 141 cm³/mol. The van der Waals surface area contributed by atoms with E-state index >= 15 is 0 Å². The molecule has 2 aromatic rings. The number of benzene rings is 2. The number of carbonyl (C=O) groups excluding carboxylic acids is 1. The zero-order valence-corrected chi connectivity index (χ0v) is 23.0. The first-order chi connectivity index (χ1) is 15.3. The molecule has 1 heterocycles. The molecule has 0 radical (unpaired) electrons. The number of hydrogen-bond donors (Lipinski definition) is 2. The summed E-state index contributed by atoms with van der Waals surface area (Å²) in [5, 5.41) is 19.5. The number of phenolic OH excluding ortho intramolecular Hbond substituents is 1. The van der Waals surface area contributed by atoms with Crippen LogP contribution in [0.25, 0.3) is 0 Å². The number of nitrogens with one attached hydrogen (secondary N) is 1. The number of phenols is 1. The third kappa shape index (κ3) is 5.99. The number of aromatic hydroxyl groups is 1. The van der Waals surface area contributed by atoms with Gasteiger partial charge >= 0.3 is 0 Å². The molecule has 7 heteroatoms. The Bertz CT molecular complexity index is 1030. The van der Waals surface area contributed by atoms with E-state index < -0.39 is 0 Å². The van der Waals surface area contributed by atoms with Crippen LogP contribution >= 0.6 is 17.0 Å². The van der Waals surface area contributed by atoms with Crippen LogP contribution in [0.3, 0.4) is 0 Å². The molecule has 2 N–H and O–H groups in total. The van der Waals surface area contributed by atoms with E-state index in [2.05, 4.69) is 0 Å². The van der Waals surface area contributed by atoms with Gasteiger partial charge in [0.2, 0.25) is 0 Å². The average Bonchev–Trinajstić information content (AvgIpc) is 3.01. The van der Waals surface area contributed by atoms with Crippen molar-refractivity contribution in [2.24, 2.45) is 0 Å². The van der Waals surface area contributed by atoms with Crippen molar-refractivity contribution >= 4 is 28.6 Å². The van der Waals surface area contributed by atoms with Gasteiger partial charge < -0.3 is 19.5 Å². The smallest absolute Gasteiger partial charge is 0.182 e. The molecular weight excluding hydrogens is 496 g/mol. The lowest BCUT2D eigenvalue weighted by Gasteiger charge is -2.28. The molecule has 1 aliphatic rings. The number of Topliss-reactive ketones (excluding diaryl/α,β-unsaturated/α-hetero) is 1. The third-order valence-electron chi connectivity index (χ3n) is 5.95. The van der Waals surface area contributed by atoms with Gasteiger partial charge in [0.15, 0.2) is 5.78 Å². The van der Waals surface area contributed by atoms with Gasteiger partial charge in [-0.15, -0.1) is 17.0 Å². The van der Waals surface area contributed by atoms with Crippen molar-refractivity contribution in [3.8, 4) is 11.5 Å². The van der Waals surface area contributed by atoms with Crippen molar-refractivity contribution in [3.05, 3.63) is 58.1 Å². The van der Waals surface area contributed by atoms with E-state index in [1.165, 1.54) is 0 Å². The molecule has 1 aliphatic heterocycles. The van der Waals surface area contributed by atoms with Crippen molar-refractivity contribution in [2.75, 3.05) is 26.9 Å². The Morgan fingerprint density at radius 3 is 2.15 bits per heavy atom. The Labute approximate surface area is 213 Å². The summed E-state index contributed by atoms with van der Waals surface area (Å²) in [6.45, 7) is 13.7. The minimum atomic E-state index is -0.309. The van der Waals surface area contributed by atoms with Gasteiger partial charge in [0, 0.05) is 35.9 Å². The molecule has 0 aliphatic carbocycles. The highest BCUT2D eigenvalue weighted by molar-refractivity contribution is 8.93. The van der Waals surface area contributed by atoms with Crippen molar-refractivity contribution in [1.82, 2.24) is 4.90 Å². The zero-order chi connectivity index (χ0) is 24.6. The van der Waals surface area contributed by atoms with Crippen molar-refractivity contribution in [1.29, 1.82) is 5.41 Å². The maximum absolute atomic E-state index is 13.3. The fourth-order valence-corrected chi connectivity index (χ4v) is 4.06. The number of carbonyl (C=O) groups is 1. The lowest BCUT2D eigenvalue weighted by molar-refractivity contribution is 0.0962. The van der Waals surface area contributed by atoms with Crippen LogP contribution in [0.15, 0.2) is 30.3 Å². The van der Waals surface area contributed by atoms with E-state index in [4.69, 9.17) is 14.9 Å². The van der Waals surface area contributed by atoms with Gasteiger partial charge in [-0.2, -0.15) is 0 Å². The third-order valence-corrected chi connectivity index (χ3v) is 5.95. The Balaban J connectivity index is 0.00000408. The van der Waals surface area contributed by atoms with Crippen LogP contribution in [0.2, 0.25) is 0 Å². The molecule has 186 valence electrons. The number of ketones is 1. The first-order valence-electron chi connectivity index (χ1n) is 11.3. The zero-order valence-electron chi connectivity index (χ0n) is 21.2. The molecule has 34 heavy (non-hydrogen) atoms. The van der Waals surface area contributed by atoms with E-state index in [9.17, 15) is 9.90 Å². The normalized spacial score (nSPS) is 13.5. The number of nitrogens with zero attached hydrogens (tertiary/aromatic N) is 1. The molecule has 2 aromatic carbocycles. The van der Waals surface area contributed by atoms with E-state index in [0.29, 0.717) is 31.2 Å². The van der Waals surface area contributed by atoms with E-state index in [1.54, 1.807) is 12.0 Å². The molecular formula is C27H37BrN2O4. The molecule has 0 atom stereocenters. The number of amidine groups is 1. The van der Waals surface area contributed by atoms with Crippen molar-refractivity contribution in [2.45, 2.75) is 58.9 Å². The number of ether oxygens (including phenoxy) is 2. The summed E-state index contributed by atoms with van der Waals surface area (Å²) in [4.78, 5) is 15.1. The fourth-order valence-electron chi connectivity index (χ4n) is 4.06. The lowest BCUT2D eigenvalue weighted by atomic mass is 9.78. The van der Waals surface area contributed by atoms with Crippen LogP contribution in [0.4, 0.5) is 0 Å². The van der Waals surface area contributed by atoms with Crippen LogP contribution in [-0.2, 0) is 22.1 Å². The van der Waals surface area contributed by atoms with Gasteiger partial charge in [-0.1, -0.05) is 41.5 Å². The summed E-state index contributed by atoms with van der Waals surface area (Å²) in [6.07, 6.45) is 0. The second-order valence-corrected chi connectivity index (χ2v) is 10.7. The average molecular weight is 534 g/mol. The maximum Gasteiger partial charge on any atom is 0.182 e. The highest BCUT2D eigenvalue weighted by Gasteiger charge is 2.30. The summed E-state index contributed by atoms with van der Waals surface area (Å²) in [5.74, 6) is 1.26. The van der Waals surface area contributed by atoms with Gasteiger partial charge in [0.1, 0.15) is 23.9 Å². The van der Waals surface area contributed by atoms with Gasteiger partial charge in [-0.05, 0) is 46.7 Å². The molecule has 0 saturated heterocycles. The minimum Gasteiger partial charge on any atom is -0.507 e. The SMILES string of the molecule is Br.COCCOc1ccc2c(c1)CN(CC(=O)c1cc(C(C)(C)C)c(O)c(C(C)(C)C)c1)C2=N. The van der Waals surface area contributed by atoms with Crippen molar-refractivity contribution < 1.29 is 19.4 Å². The highest BCUT2D eigenvalue weighted by Crippen LogP contribution is 2.40. The second kappa shape index (κ2) is 10.5. The molecule has 0 fully saturated rings. The molecule has 6 nitrogen and oxygen atoms in total. The molecule has 0 spiro atoms. The quantitative estimate of drug-likeness (QED) is 0.357. The van der Waals surface area contributed by atoms with E-state index in [1.807, 2.05) is 71.9 Å². The summed E-state index contributed by atoms with van der Waals surface area (Å²) in [5.41, 5.74) is 3.26. The van der Waals surface area contributed by atoms with Gasteiger partial charge in [0.25, 0.3) is 0 Å². The van der Waals surface area contributed by atoms with Gasteiger partial charge in [-0.25, -0.2) is 0 Å². The summed E-state index contributed by atoms with van der Waals surface area (Å²) in [6, 6.07) is 9.27. The monoisotopic (exact) mass is 532 g/mol. The van der Waals surface area contributed by atoms with Crippen LogP contribution in [-0.4, -0.2) is 48.5 Å². The maximum atomic E-state index is 13.3. The molecule has 0 aromatic heterocycles. The number of halogens is 1. The number of methoxy groups -OCH3 is 1.